The Bertz CT molecular complexity index is 774. The van der Waals surface area contributed by atoms with Crippen molar-refractivity contribution in [3.8, 4) is 0 Å². The Morgan fingerprint density at radius 3 is 2.90 bits per heavy atom. The number of furan rings is 1. The smallest absolute Gasteiger partial charge is 0.262 e. The minimum absolute atomic E-state index is 0.139. The number of nitrogens with zero attached hydrogens (tertiary/aromatic N) is 1. The summed E-state index contributed by atoms with van der Waals surface area (Å²) in [6.07, 6.45) is 1.30. The topological polar surface area (TPSA) is 108 Å². The second kappa shape index (κ2) is 4.42. The molecule has 2 unspecified atom stereocenters. The molecule has 0 aromatic carbocycles. The van der Waals surface area contributed by atoms with Gasteiger partial charge in [-0.15, -0.1) is 0 Å². The molecule has 3 N–H and O–H groups in total. The van der Waals surface area contributed by atoms with Gasteiger partial charge in [0.25, 0.3) is 11.5 Å². The molecule has 21 heavy (non-hydrogen) atoms. The van der Waals surface area contributed by atoms with E-state index in [0.29, 0.717) is 12.2 Å². The van der Waals surface area contributed by atoms with Crippen LogP contribution in [0.2, 0.25) is 0 Å². The summed E-state index contributed by atoms with van der Waals surface area (Å²) in [5.41, 5.74) is -0.436. The predicted molar refractivity (Wildman–Crippen MR) is 75.0 cm³/mol. The summed E-state index contributed by atoms with van der Waals surface area (Å²) in [5, 5.41) is 12.7. The van der Waals surface area contributed by atoms with Gasteiger partial charge in [0.2, 0.25) is 5.71 Å². The first kappa shape index (κ1) is 13.8. The lowest BCUT2D eigenvalue weighted by atomic mass is 9.64. The van der Waals surface area contributed by atoms with E-state index in [-0.39, 0.29) is 34.0 Å². The number of aryl methyl sites for hydroxylation is 1. The number of H-pyrrole nitrogens is 1. The molecule has 0 radical (unpaired) electrons. The van der Waals surface area contributed by atoms with Gasteiger partial charge in [0, 0.05) is 11.5 Å². The molecule has 2 heterocycles. The number of aliphatic hydroxyl groups is 1. The standard InChI is InChI=1S/C14H17N3O4/c1-6-9(10-11(19)15-5-16-13(10)21-6)12(20)17-7-4-8(18)14(7,2)3/h5,7-8,18H,4H2,1-3H3,(H,17,20)(H,15,16,19). The van der Waals surface area contributed by atoms with Crippen LogP contribution in [0.15, 0.2) is 15.5 Å². The van der Waals surface area contributed by atoms with E-state index in [1.165, 1.54) is 6.33 Å². The molecule has 0 aliphatic heterocycles. The lowest BCUT2D eigenvalue weighted by molar-refractivity contribution is -0.0689. The average molecular weight is 291 g/mol. The van der Waals surface area contributed by atoms with Gasteiger partial charge in [-0.2, -0.15) is 0 Å². The fourth-order valence-electron chi connectivity index (χ4n) is 2.70. The fraction of sp³-hybridized carbons (Fsp3) is 0.500. The number of carbonyl (C=O) groups excluding carboxylic acids is 1. The third-order valence-corrected chi connectivity index (χ3v) is 4.42. The van der Waals surface area contributed by atoms with E-state index in [9.17, 15) is 14.7 Å². The molecule has 0 spiro atoms. The minimum Gasteiger partial charge on any atom is -0.442 e. The third kappa shape index (κ3) is 1.96. The molecule has 112 valence electrons. The number of amides is 1. The van der Waals surface area contributed by atoms with Crippen LogP contribution in [0.4, 0.5) is 0 Å². The molecule has 2 aromatic rings. The van der Waals surface area contributed by atoms with Crippen molar-refractivity contribution in [1.29, 1.82) is 0 Å². The molecule has 1 aliphatic carbocycles. The normalized spacial score (nSPS) is 23.8. The molecule has 0 saturated heterocycles. The van der Waals surface area contributed by atoms with Crippen LogP contribution in [-0.2, 0) is 0 Å². The van der Waals surface area contributed by atoms with Crippen LogP contribution in [0.5, 0.6) is 0 Å². The number of hydrogen-bond acceptors (Lipinski definition) is 5. The van der Waals surface area contributed by atoms with E-state index >= 15 is 0 Å². The first-order valence-electron chi connectivity index (χ1n) is 6.78. The highest BCUT2D eigenvalue weighted by atomic mass is 16.3. The number of nitrogens with one attached hydrogen (secondary N) is 2. The fourth-order valence-corrected chi connectivity index (χ4v) is 2.70. The number of fused-ring (bicyclic) bond motifs is 1. The summed E-state index contributed by atoms with van der Waals surface area (Å²) in [7, 11) is 0. The van der Waals surface area contributed by atoms with Gasteiger partial charge in [0.1, 0.15) is 11.1 Å². The molecule has 1 fully saturated rings. The van der Waals surface area contributed by atoms with Gasteiger partial charge < -0.3 is 19.8 Å². The SMILES string of the molecule is Cc1oc2nc[nH]c(=O)c2c1C(=O)NC1CC(O)C1(C)C. The lowest BCUT2D eigenvalue weighted by Crippen LogP contribution is -2.61. The molecule has 0 bridgehead atoms. The van der Waals surface area contributed by atoms with Crippen LogP contribution in [-0.4, -0.2) is 33.1 Å². The molecule has 7 nitrogen and oxygen atoms in total. The zero-order valence-electron chi connectivity index (χ0n) is 12.1. The van der Waals surface area contributed by atoms with Crippen molar-refractivity contribution < 1.29 is 14.3 Å². The van der Waals surface area contributed by atoms with E-state index in [1.807, 2.05) is 13.8 Å². The molecule has 2 atom stereocenters. The number of aromatic nitrogens is 2. The van der Waals surface area contributed by atoms with Gasteiger partial charge in [-0.3, -0.25) is 9.59 Å². The Labute approximate surface area is 120 Å². The highest BCUT2D eigenvalue weighted by Crippen LogP contribution is 2.40. The van der Waals surface area contributed by atoms with Crippen LogP contribution < -0.4 is 10.9 Å². The summed E-state index contributed by atoms with van der Waals surface area (Å²) >= 11 is 0. The zero-order valence-corrected chi connectivity index (χ0v) is 12.1. The van der Waals surface area contributed by atoms with Crippen molar-refractivity contribution in [2.75, 3.05) is 0 Å². The first-order chi connectivity index (χ1) is 9.82. The molecular weight excluding hydrogens is 274 g/mol. The maximum Gasteiger partial charge on any atom is 0.262 e. The lowest BCUT2D eigenvalue weighted by Gasteiger charge is -2.49. The van der Waals surface area contributed by atoms with Crippen molar-refractivity contribution in [1.82, 2.24) is 15.3 Å². The molecule has 1 amide bonds. The Kier molecular flexibility index (Phi) is 2.91. The van der Waals surface area contributed by atoms with E-state index in [1.54, 1.807) is 6.92 Å². The summed E-state index contributed by atoms with van der Waals surface area (Å²) in [5.74, 6) is -0.0286. The van der Waals surface area contributed by atoms with Crippen molar-refractivity contribution in [2.45, 2.75) is 39.3 Å². The first-order valence-corrected chi connectivity index (χ1v) is 6.78. The van der Waals surface area contributed by atoms with Gasteiger partial charge in [-0.05, 0) is 13.3 Å². The molecule has 2 aromatic heterocycles. The van der Waals surface area contributed by atoms with Crippen molar-refractivity contribution in [3.05, 3.63) is 28.0 Å². The number of rotatable bonds is 2. The third-order valence-electron chi connectivity index (χ3n) is 4.42. The maximum absolute atomic E-state index is 12.5. The van der Waals surface area contributed by atoms with Crippen LogP contribution in [0.25, 0.3) is 11.1 Å². The van der Waals surface area contributed by atoms with E-state index < -0.39 is 11.7 Å². The van der Waals surface area contributed by atoms with Gasteiger partial charge in [-0.1, -0.05) is 13.8 Å². The number of carbonyl (C=O) groups is 1. The van der Waals surface area contributed by atoms with Crippen LogP contribution in [0.1, 0.15) is 36.4 Å². The van der Waals surface area contributed by atoms with E-state index in [2.05, 4.69) is 15.3 Å². The van der Waals surface area contributed by atoms with Crippen molar-refractivity contribution in [3.63, 3.8) is 0 Å². The predicted octanol–water partition coefficient (Wildman–Crippen LogP) is 0.714. The summed E-state index contributed by atoms with van der Waals surface area (Å²) in [6.45, 7) is 5.40. The average Bonchev–Trinajstić information content (AvgIpc) is 2.76. The van der Waals surface area contributed by atoms with E-state index in [4.69, 9.17) is 4.42 Å². The van der Waals surface area contributed by atoms with E-state index in [0.717, 1.165) is 0 Å². The highest BCUT2D eigenvalue weighted by Gasteiger charge is 2.48. The summed E-state index contributed by atoms with van der Waals surface area (Å²) in [4.78, 5) is 30.7. The second-order valence-electron chi connectivity index (χ2n) is 6.04. The van der Waals surface area contributed by atoms with Crippen LogP contribution in [0.3, 0.4) is 0 Å². The quantitative estimate of drug-likeness (QED) is 0.755. The van der Waals surface area contributed by atoms with Crippen LogP contribution in [0, 0.1) is 12.3 Å². The van der Waals surface area contributed by atoms with Crippen molar-refractivity contribution >= 4 is 17.0 Å². The molecule has 7 heteroatoms. The Hall–Kier alpha value is -2.15. The molecular formula is C14H17N3O4. The van der Waals surface area contributed by atoms with Crippen molar-refractivity contribution in [2.24, 2.45) is 5.41 Å². The Morgan fingerprint density at radius 2 is 2.29 bits per heavy atom. The number of aliphatic hydroxyl groups excluding tert-OH is 1. The monoisotopic (exact) mass is 291 g/mol. The molecule has 3 rings (SSSR count). The number of hydrogen-bond donors (Lipinski definition) is 3. The Morgan fingerprint density at radius 1 is 1.57 bits per heavy atom. The maximum atomic E-state index is 12.5. The Balaban J connectivity index is 1.96. The second-order valence-corrected chi connectivity index (χ2v) is 6.04. The van der Waals surface area contributed by atoms with Crippen LogP contribution >= 0.6 is 0 Å². The van der Waals surface area contributed by atoms with Gasteiger partial charge in [-0.25, -0.2) is 4.98 Å². The highest BCUT2D eigenvalue weighted by molar-refractivity contribution is 6.06. The van der Waals surface area contributed by atoms with Gasteiger partial charge >= 0.3 is 0 Å². The zero-order chi connectivity index (χ0) is 15.4. The van der Waals surface area contributed by atoms with Gasteiger partial charge in [0.15, 0.2) is 0 Å². The molecule has 1 aliphatic rings. The number of aromatic amines is 1. The van der Waals surface area contributed by atoms with Gasteiger partial charge in [0.05, 0.1) is 18.0 Å². The summed E-state index contributed by atoms with van der Waals surface area (Å²) in [6, 6.07) is -0.139. The summed E-state index contributed by atoms with van der Waals surface area (Å²) < 4.78 is 5.37. The molecule has 1 saturated carbocycles. The minimum atomic E-state index is -0.435. The largest absolute Gasteiger partial charge is 0.442 e.